The molecular formula is C20H25N5O6. The number of non-ortho nitro benzene ring substituents is 1. The van der Waals surface area contributed by atoms with Crippen molar-refractivity contribution in [2.24, 2.45) is 0 Å². The highest BCUT2D eigenvalue weighted by Crippen LogP contribution is 2.29. The van der Waals surface area contributed by atoms with Crippen LogP contribution in [0.25, 0.3) is 0 Å². The molecule has 0 aliphatic carbocycles. The van der Waals surface area contributed by atoms with Gasteiger partial charge in [0.25, 0.3) is 5.69 Å². The van der Waals surface area contributed by atoms with Gasteiger partial charge in [0.2, 0.25) is 5.91 Å². The molecule has 1 fully saturated rings. The first kappa shape index (κ1) is 22.2. The van der Waals surface area contributed by atoms with Crippen LogP contribution in [0, 0.1) is 10.1 Å². The van der Waals surface area contributed by atoms with E-state index in [0.29, 0.717) is 44.0 Å². The Morgan fingerprint density at radius 1 is 1.19 bits per heavy atom. The fourth-order valence-electron chi connectivity index (χ4n) is 3.68. The normalized spacial score (nSPS) is 19.5. The zero-order chi connectivity index (χ0) is 22.5. The molecule has 0 saturated carbocycles. The number of nitrogens with one attached hydrogen (secondary N) is 2. The van der Waals surface area contributed by atoms with Gasteiger partial charge in [0.05, 0.1) is 23.1 Å². The van der Waals surface area contributed by atoms with Crippen LogP contribution in [0.15, 0.2) is 35.5 Å². The summed E-state index contributed by atoms with van der Waals surface area (Å²) < 4.78 is 5.23. The molecular weight excluding hydrogens is 406 g/mol. The van der Waals surface area contributed by atoms with E-state index in [1.165, 1.54) is 31.2 Å². The van der Waals surface area contributed by atoms with Gasteiger partial charge in [-0.05, 0) is 24.6 Å². The van der Waals surface area contributed by atoms with E-state index >= 15 is 0 Å². The smallest absolute Gasteiger partial charge is 0.338 e. The summed E-state index contributed by atoms with van der Waals surface area (Å²) >= 11 is 0. The molecule has 3 rings (SSSR count). The van der Waals surface area contributed by atoms with Gasteiger partial charge in [0.15, 0.2) is 0 Å². The highest BCUT2D eigenvalue weighted by atomic mass is 16.6. The Morgan fingerprint density at radius 3 is 2.39 bits per heavy atom. The minimum absolute atomic E-state index is 0.0134. The zero-order valence-corrected chi connectivity index (χ0v) is 17.4. The van der Waals surface area contributed by atoms with Crippen LogP contribution in [0.1, 0.15) is 25.5 Å². The fraction of sp³-hybridized carbons (Fsp3) is 0.450. The van der Waals surface area contributed by atoms with E-state index in [1.54, 1.807) is 11.8 Å². The van der Waals surface area contributed by atoms with E-state index in [-0.39, 0.29) is 23.8 Å². The second-order valence-corrected chi connectivity index (χ2v) is 7.28. The Balaban J connectivity index is 1.90. The molecule has 1 aromatic rings. The number of ether oxygens (including phenoxy) is 1. The molecule has 0 aromatic heterocycles. The molecule has 0 bridgehead atoms. The number of urea groups is 1. The highest BCUT2D eigenvalue weighted by Gasteiger charge is 2.35. The quantitative estimate of drug-likeness (QED) is 0.389. The van der Waals surface area contributed by atoms with Gasteiger partial charge >= 0.3 is 12.0 Å². The molecule has 31 heavy (non-hydrogen) atoms. The molecule has 0 radical (unpaired) electrons. The number of hydrogen-bond donors (Lipinski definition) is 2. The standard InChI is InChI=1S/C20H25N5O6/c1-3-31-19(27)17-16(12-23-8-10-24(11-9-23)13(2)26)21-20(28)22-18(17)14-4-6-15(7-5-14)25(29)30/h4-7,18H,3,8-12H2,1-2H3,(H2,21,22,28)/t18-/m0/s1. The number of carbonyl (C=O) groups is 3. The zero-order valence-electron chi connectivity index (χ0n) is 17.4. The van der Waals surface area contributed by atoms with Crippen molar-refractivity contribution >= 4 is 23.6 Å². The number of nitro groups is 1. The summed E-state index contributed by atoms with van der Waals surface area (Å²) in [5.74, 6) is -0.560. The number of hydrogen-bond acceptors (Lipinski definition) is 7. The predicted octanol–water partition coefficient (Wildman–Crippen LogP) is 0.930. The summed E-state index contributed by atoms with van der Waals surface area (Å²) in [6.45, 7) is 6.01. The maximum absolute atomic E-state index is 12.8. The average Bonchev–Trinajstić information content (AvgIpc) is 2.74. The molecule has 2 N–H and O–H groups in total. The minimum atomic E-state index is -0.804. The average molecular weight is 431 g/mol. The second kappa shape index (κ2) is 9.56. The van der Waals surface area contributed by atoms with Gasteiger partial charge in [-0.25, -0.2) is 9.59 Å². The molecule has 0 unspecified atom stereocenters. The topological polar surface area (TPSA) is 134 Å². The van der Waals surface area contributed by atoms with Crippen LogP contribution in [-0.2, 0) is 14.3 Å². The first-order valence-electron chi connectivity index (χ1n) is 10.00. The van der Waals surface area contributed by atoms with Crippen LogP contribution in [0.4, 0.5) is 10.5 Å². The summed E-state index contributed by atoms with van der Waals surface area (Å²) in [5, 5.41) is 16.4. The van der Waals surface area contributed by atoms with Crippen molar-refractivity contribution in [2.75, 3.05) is 39.3 Å². The molecule has 3 amide bonds. The lowest BCUT2D eigenvalue weighted by molar-refractivity contribution is -0.384. The number of nitrogens with zero attached hydrogens (tertiary/aromatic N) is 3. The molecule has 166 valence electrons. The molecule has 0 spiro atoms. The highest BCUT2D eigenvalue weighted by molar-refractivity contribution is 5.95. The number of amides is 3. The number of carbonyl (C=O) groups excluding carboxylic acids is 3. The lowest BCUT2D eigenvalue weighted by Crippen LogP contribution is -2.52. The van der Waals surface area contributed by atoms with E-state index in [1.807, 2.05) is 4.90 Å². The lowest BCUT2D eigenvalue weighted by atomic mass is 9.94. The van der Waals surface area contributed by atoms with Crippen LogP contribution >= 0.6 is 0 Å². The van der Waals surface area contributed by atoms with Gasteiger partial charge in [0, 0.05) is 57.5 Å². The summed E-state index contributed by atoms with van der Waals surface area (Å²) in [7, 11) is 0. The number of esters is 1. The fourth-order valence-corrected chi connectivity index (χ4v) is 3.68. The molecule has 11 nitrogen and oxygen atoms in total. The third kappa shape index (κ3) is 5.18. The molecule has 11 heteroatoms. The molecule has 1 aromatic carbocycles. The Bertz CT molecular complexity index is 905. The molecule has 1 saturated heterocycles. The number of nitro benzene ring substituents is 1. The number of piperazine rings is 1. The number of benzene rings is 1. The Hall–Kier alpha value is -3.47. The summed E-state index contributed by atoms with van der Waals surface area (Å²) in [6, 6.07) is 4.39. The van der Waals surface area contributed by atoms with Crippen LogP contribution < -0.4 is 10.6 Å². The molecule has 2 aliphatic rings. The van der Waals surface area contributed by atoms with Crippen molar-refractivity contribution in [3.63, 3.8) is 0 Å². The third-order valence-corrected chi connectivity index (χ3v) is 5.29. The van der Waals surface area contributed by atoms with E-state index in [4.69, 9.17) is 4.74 Å². The Kier molecular flexibility index (Phi) is 6.85. The summed E-state index contributed by atoms with van der Waals surface area (Å²) in [4.78, 5) is 50.9. The van der Waals surface area contributed by atoms with E-state index < -0.39 is 23.0 Å². The monoisotopic (exact) mass is 431 g/mol. The van der Waals surface area contributed by atoms with Crippen LogP contribution in [0.5, 0.6) is 0 Å². The first-order valence-corrected chi connectivity index (χ1v) is 10.00. The van der Waals surface area contributed by atoms with Crippen LogP contribution in [-0.4, -0.2) is 72.0 Å². The largest absolute Gasteiger partial charge is 0.463 e. The summed E-state index contributed by atoms with van der Waals surface area (Å²) in [6.07, 6.45) is 0. The van der Waals surface area contributed by atoms with Gasteiger partial charge < -0.3 is 20.3 Å². The van der Waals surface area contributed by atoms with Crippen molar-refractivity contribution in [1.82, 2.24) is 20.4 Å². The Labute approximate surface area is 179 Å². The molecule has 1 atom stereocenters. The predicted molar refractivity (Wildman–Crippen MR) is 110 cm³/mol. The van der Waals surface area contributed by atoms with Crippen LogP contribution in [0.3, 0.4) is 0 Å². The van der Waals surface area contributed by atoms with Crippen molar-refractivity contribution in [3.8, 4) is 0 Å². The maximum Gasteiger partial charge on any atom is 0.338 e. The Morgan fingerprint density at radius 2 is 1.84 bits per heavy atom. The van der Waals surface area contributed by atoms with E-state index in [0.717, 1.165) is 0 Å². The molecule has 2 aliphatic heterocycles. The van der Waals surface area contributed by atoms with Crippen molar-refractivity contribution in [3.05, 3.63) is 51.2 Å². The lowest BCUT2D eigenvalue weighted by Gasteiger charge is -2.36. The van der Waals surface area contributed by atoms with Crippen LogP contribution in [0.2, 0.25) is 0 Å². The van der Waals surface area contributed by atoms with E-state index in [9.17, 15) is 24.5 Å². The van der Waals surface area contributed by atoms with Gasteiger partial charge in [0.1, 0.15) is 0 Å². The first-order chi connectivity index (χ1) is 14.8. The number of rotatable bonds is 6. The van der Waals surface area contributed by atoms with Crippen molar-refractivity contribution < 1.29 is 24.0 Å². The third-order valence-electron chi connectivity index (χ3n) is 5.29. The van der Waals surface area contributed by atoms with E-state index in [2.05, 4.69) is 10.6 Å². The van der Waals surface area contributed by atoms with Crippen molar-refractivity contribution in [1.29, 1.82) is 0 Å². The maximum atomic E-state index is 12.8. The van der Waals surface area contributed by atoms with Gasteiger partial charge in [-0.3, -0.25) is 19.8 Å². The minimum Gasteiger partial charge on any atom is -0.463 e. The van der Waals surface area contributed by atoms with Crippen molar-refractivity contribution in [2.45, 2.75) is 19.9 Å². The molecule has 2 heterocycles. The summed E-state index contributed by atoms with van der Waals surface area (Å²) in [5.41, 5.74) is 1.11. The second-order valence-electron chi connectivity index (χ2n) is 7.28. The van der Waals surface area contributed by atoms with Gasteiger partial charge in [-0.15, -0.1) is 0 Å². The van der Waals surface area contributed by atoms with Gasteiger partial charge in [-0.2, -0.15) is 0 Å². The van der Waals surface area contributed by atoms with Gasteiger partial charge in [-0.1, -0.05) is 0 Å². The SMILES string of the molecule is CCOC(=O)C1=C(CN2CCN(C(C)=O)CC2)NC(=O)N[C@H]1c1ccc([N+](=O)[O-])cc1.